The Kier molecular flexibility index (Phi) is 5.10. The molecule has 0 bridgehead atoms. The summed E-state index contributed by atoms with van der Waals surface area (Å²) < 4.78 is 46.6. The molecule has 0 aliphatic heterocycles. The van der Waals surface area contributed by atoms with Gasteiger partial charge in [0.25, 0.3) is 0 Å². The first kappa shape index (κ1) is 19.2. The average Bonchev–Trinajstić information content (AvgIpc) is 2.94. The Labute approximate surface area is 157 Å². The van der Waals surface area contributed by atoms with Crippen LogP contribution >= 0.6 is 11.3 Å². The van der Waals surface area contributed by atoms with Gasteiger partial charge in [0.2, 0.25) is 0 Å². The molecule has 0 saturated carbocycles. The standard InChI is InChI=1S/C19H16F3NO3S/c1-10-3-4-12(11(2)23-10)8-26-14-6-15(19(20,21)22)18-13(5-17(24)25)9-27-16(18)7-14/h3-4,6-7,9H,5,8H2,1-2H3,(H,24,25). The van der Waals surface area contributed by atoms with Gasteiger partial charge in [-0.1, -0.05) is 6.07 Å². The Morgan fingerprint density at radius 1 is 1.22 bits per heavy atom. The fourth-order valence-corrected chi connectivity index (χ4v) is 3.85. The SMILES string of the molecule is Cc1ccc(COc2cc(C(F)(F)F)c3c(CC(=O)O)csc3c2)c(C)n1. The van der Waals surface area contributed by atoms with E-state index in [1.165, 1.54) is 11.4 Å². The molecule has 1 aromatic carbocycles. The molecule has 0 radical (unpaired) electrons. The summed E-state index contributed by atoms with van der Waals surface area (Å²) in [5.41, 5.74) is 1.66. The first-order valence-corrected chi connectivity index (χ1v) is 8.92. The lowest BCUT2D eigenvalue weighted by atomic mass is 10.0. The van der Waals surface area contributed by atoms with Gasteiger partial charge in [-0.05, 0) is 43.0 Å². The number of rotatable bonds is 5. The van der Waals surface area contributed by atoms with Crippen LogP contribution in [0.5, 0.6) is 5.75 Å². The minimum atomic E-state index is -4.62. The fourth-order valence-electron chi connectivity index (χ4n) is 2.84. The molecule has 3 aromatic rings. The first-order chi connectivity index (χ1) is 12.6. The lowest BCUT2D eigenvalue weighted by molar-refractivity contribution is -0.137. The number of carboxylic acids is 1. The van der Waals surface area contributed by atoms with E-state index >= 15 is 0 Å². The number of pyridine rings is 1. The third-order valence-corrected chi connectivity index (χ3v) is 5.08. The Hall–Kier alpha value is -2.61. The Morgan fingerprint density at radius 2 is 1.96 bits per heavy atom. The highest BCUT2D eigenvalue weighted by molar-refractivity contribution is 7.17. The smallest absolute Gasteiger partial charge is 0.417 e. The summed E-state index contributed by atoms with van der Waals surface area (Å²) >= 11 is 1.07. The Morgan fingerprint density at radius 3 is 2.59 bits per heavy atom. The van der Waals surface area contributed by atoms with Gasteiger partial charge < -0.3 is 9.84 Å². The van der Waals surface area contributed by atoms with E-state index in [0.29, 0.717) is 4.70 Å². The summed E-state index contributed by atoms with van der Waals surface area (Å²) in [5, 5.41) is 10.3. The largest absolute Gasteiger partial charge is 0.489 e. The molecule has 0 fully saturated rings. The van der Waals surface area contributed by atoms with Crippen molar-refractivity contribution in [2.75, 3.05) is 0 Å². The molecule has 0 aliphatic rings. The number of ether oxygens (including phenoxy) is 1. The first-order valence-electron chi connectivity index (χ1n) is 8.04. The van der Waals surface area contributed by atoms with Crippen molar-refractivity contribution in [3.8, 4) is 5.75 Å². The number of carbonyl (C=O) groups is 1. The average molecular weight is 395 g/mol. The summed E-state index contributed by atoms with van der Waals surface area (Å²) in [6.45, 7) is 3.76. The number of aromatic nitrogens is 1. The molecule has 27 heavy (non-hydrogen) atoms. The van der Waals surface area contributed by atoms with Crippen LogP contribution in [0.15, 0.2) is 29.6 Å². The minimum absolute atomic E-state index is 0.0737. The second kappa shape index (κ2) is 7.19. The number of benzene rings is 1. The number of alkyl halides is 3. The molecular weight excluding hydrogens is 379 g/mol. The molecule has 142 valence electrons. The van der Waals surface area contributed by atoms with Gasteiger partial charge >= 0.3 is 12.1 Å². The highest BCUT2D eigenvalue weighted by Gasteiger charge is 2.35. The fraction of sp³-hybridized carbons (Fsp3) is 0.263. The second-order valence-electron chi connectivity index (χ2n) is 6.16. The van der Waals surface area contributed by atoms with E-state index in [1.54, 1.807) is 0 Å². The summed E-state index contributed by atoms with van der Waals surface area (Å²) in [6.07, 6.45) is -5.08. The number of aliphatic carboxylic acids is 1. The van der Waals surface area contributed by atoms with Crippen molar-refractivity contribution < 1.29 is 27.8 Å². The molecular formula is C19H16F3NO3S. The zero-order chi connectivity index (χ0) is 19.8. The van der Waals surface area contributed by atoms with Gasteiger partial charge in [-0.15, -0.1) is 11.3 Å². The van der Waals surface area contributed by atoms with Gasteiger partial charge in [0.1, 0.15) is 12.4 Å². The maximum atomic E-state index is 13.6. The predicted octanol–water partition coefficient (Wildman–Crippen LogP) is 5.14. The number of hydrogen-bond donors (Lipinski definition) is 1. The summed E-state index contributed by atoms with van der Waals surface area (Å²) in [7, 11) is 0. The van der Waals surface area contributed by atoms with E-state index in [1.807, 2.05) is 26.0 Å². The maximum absolute atomic E-state index is 13.6. The van der Waals surface area contributed by atoms with Gasteiger partial charge in [0, 0.05) is 27.0 Å². The molecule has 2 heterocycles. The topological polar surface area (TPSA) is 59.4 Å². The van der Waals surface area contributed by atoms with Crippen LogP contribution in [0, 0.1) is 13.8 Å². The van der Waals surface area contributed by atoms with E-state index in [9.17, 15) is 18.0 Å². The van der Waals surface area contributed by atoms with E-state index in [0.717, 1.165) is 34.4 Å². The molecule has 0 spiro atoms. The van der Waals surface area contributed by atoms with Gasteiger partial charge in [-0.2, -0.15) is 13.2 Å². The molecule has 1 N–H and O–H groups in total. The molecule has 8 heteroatoms. The molecule has 0 saturated heterocycles. The highest BCUT2D eigenvalue weighted by Crippen LogP contribution is 2.41. The van der Waals surface area contributed by atoms with E-state index in [2.05, 4.69) is 4.98 Å². The van der Waals surface area contributed by atoms with Crippen LogP contribution in [0.25, 0.3) is 10.1 Å². The Balaban J connectivity index is 1.98. The van der Waals surface area contributed by atoms with Crippen molar-refractivity contribution in [2.24, 2.45) is 0 Å². The number of aryl methyl sites for hydroxylation is 2. The quantitative estimate of drug-likeness (QED) is 0.650. The number of nitrogens with zero attached hydrogens (tertiary/aromatic N) is 1. The molecule has 4 nitrogen and oxygen atoms in total. The summed E-state index contributed by atoms with van der Waals surface area (Å²) in [4.78, 5) is 15.3. The van der Waals surface area contributed by atoms with Crippen LogP contribution in [-0.2, 0) is 24.0 Å². The van der Waals surface area contributed by atoms with Crippen molar-refractivity contribution in [3.63, 3.8) is 0 Å². The Bertz CT molecular complexity index is 1010. The van der Waals surface area contributed by atoms with Crippen LogP contribution in [-0.4, -0.2) is 16.1 Å². The lowest BCUT2D eigenvalue weighted by Gasteiger charge is -2.14. The maximum Gasteiger partial charge on any atom is 0.417 e. The number of fused-ring (bicyclic) bond motifs is 1. The third-order valence-electron chi connectivity index (χ3n) is 4.10. The molecule has 0 atom stereocenters. The molecule has 3 rings (SSSR count). The van der Waals surface area contributed by atoms with Crippen LogP contribution < -0.4 is 4.74 Å². The lowest BCUT2D eigenvalue weighted by Crippen LogP contribution is -2.08. The van der Waals surface area contributed by atoms with Crippen molar-refractivity contribution in [3.05, 3.63) is 57.7 Å². The van der Waals surface area contributed by atoms with Gasteiger partial charge in [0.05, 0.1) is 12.0 Å². The number of hydrogen-bond acceptors (Lipinski definition) is 4. The number of halogens is 3. The van der Waals surface area contributed by atoms with Crippen LogP contribution in [0.2, 0.25) is 0 Å². The molecule has 2 aromatic heterocycles. The van der Waals surface area contributed by atoms with Crippen molar-refractivity contribution in [2.45, 2.75) is 33.1 Å². The molecule has 0 unspecified atom stereocenters. The van der Waals surface area contributed by atoms with E-state index in [4.69, 9.17) is 9.84 Å². The predicted molar refractivity (Wildman–Crippen MR) is 96.2 cm³/mol. The van der Waals surface area contributed by atoms with Crippen molar-refractivity contribution in [1.29, 1.82) is 0 Å². The normalized spacial score (nSPS) is 11.7. The van der Waals surface area contributed by atoms with Gasteiger partial charge in [-0.3, -0.25) is 9.78 Å². The van der Waals surface area contributed by atoms with Crippen molar-refractivity contribution >= 4 is 27.4 Å². The third kappa shape index (κ3) is 4.21. The van der Waals surface area contributed by atoms with Crippen LogP contribution in [0.3, 0.4) is 0 Å². The van der Waals surface area contributed by atoms with Crippen LogP contribution in [0.4, 0.5) is 13.2 Å². The number of carboxylic acid groups (broad SMARTS) is 1. The number of thiophene rings is 1. The zero-order valence-corrected chi connectivity index (χ0v) is 15.4. The second-order valence-corrected chi connectivity index (χ2v) is 7.07. The van der Waals surface area contributed by atoms with E-state index < -0.39 is 24.1 Å². The molecule has 0 aliphatic carbocycles. The minimum Gasteiger partial charge on any atom is -0.489 e. The van der Waals surface area contributed by atoms with Crippen LogP contribution in [0.1, 0.15) is 28.1 Å². The molecule has 0 amide bonds. The van der Waals surface area contributed by atoms with Gasteiger partial charge in [0.15, 0.2) is 0 Å². The van der Waals surface area contributed by atoms with Gasteiger partial charge in [-0.25, -0.2) is 0 Å². The summed E-state index contributed by atoms with van der Waals surface area (Å²) in [6, 6.07) is 6.08. The zero-order valence-electron chi connectivity index (χ0n) is 14.6. The summed E-state index contributed by atoms with van der Waals surface area (Å²) in [5.74, 6) is -1.09. The monoisotopic (exact) mass is 395 g/mol. The van der Waals surface area contributed by atoms with Crippen molar-refractivity contribution in [1.82, 2.24) is 4.98 Å². The highest BCUT2D eigenvalue weighted by atomic mass is 32.1. The van der Waals surface area contributed by atoms with E-state index in [-0.39, 0.29) is 23.3 Å².